The van der Waals surface area contributed by atoms with Crippen LogP contribution < -0.4 is 51.4 Å². The maximum atomic E-state index is 3.72. The Morgan fingerprint density at radius 1 is 1.67 bits per heavy atom. The number of allylic oxidation sites excluding steroid dienone is 4. The minimum absolute atomic E-state index is 0. The van der Waals surface area contributed by atoms with Gasteiger partial charge in [0.15, 0.2) is 0 Å². The first-order valence-electron chi connectivity index (χ1n) is 2.69. The van der Waals surface area contributed by atoms with E-state index in [9.17, 15) is 0 Å². The first-order chi connectivity index (χ1) is 3.81. The fourth-order valence-electron chi connectivity index (χ4n) is 0.279. The molecule has 0 saturated carbocycles. The zero-order chi connectivity index (χ0) is 6.41. The van der Waals surface area contributed by atoms with Crippen molar-refractivity contribution in [3.63, 3.8) is 0 Å². The molecule has 0 aliphatic carbocycles. The van der Waals surface area contributed by atoms with Gasteiger partial charge in [0.25, 0.3) is 0 Å². The summed E-state index contributed by atoms with van der Waals surface area (Å²) in [6.07, 6.45) is 7.37. The van der Waals surface area contributed by atoms with Crippen LogP contribution in [0.1, 0.15) is 13.3 Å². The summed E-state index contributed by atoms with van der Waals surface area (Å²) in [6, 6.07) is 0. The van der Waals surface area contributed by atoms with Crippen molar-refractivity contribution in [2.75, 3.05) is 0 Å². The maximum Gasteiger partial charge on any atom is 1.00 e. The molecule has 44 valence electrons. The molecule has 0 aromatic rings. The Morgan fingerprint density at radius 2 is 2.22 bits per heavy atom. The van der Waals surface area contributed by atoms with E-state index in [1.165, 1.54) is 0 Å². The molecule has 0 unspecified atom stereocenters. The van der Waals surface area contributed by atoms with Crippen molar-refractivity contribution < 1.29 is 51.4 Å². The van der Waals surface area contributed by atoms with Crippen molar-refractivity contribution >= 4 is 0 Å². The van der Waals surface area contributed by atoms with E-state index >= 15 is 0 Å². The first-order valence-corrected chi connectivity index (χ1v) is 2.69. The molecule has 0 atom stereocenters. The van der Waals surface area contributed by atoms with Gasteiger partial charge in [-0.15, -0.1) is 0 Å². The number of rotatable bonds is 3. The molecule has 0 aromatic heterocycles. The monoisotopic (exact) mass is 146 g/mol. The van der Waals surface area contributed by atoms with Gasteiger partial charge in [-0.25, -0.2) is 0 Å². The first kappa shape index (κ1) is 12.5. The standard InChI is InChI=1S/C8H11.K/c1-4-6-7-8(3)5-2;/h4,6H,1,3,5H2,2H3;/q-1;+1. The van der Waals surface area contributed by atoms with E-state index in [2.05, 4.69) is 19.2 Å². The van der Waals surface area contributed by atoms with Crippen LogP contribution in [0.5, 0.6) is 0 Å². The van der Waals surface area contributed by atoms with Crippen LogP contribution in [0.15, 0.2) is 30.9 Å². The Labute approximate surface area is 100 Å². The molecule has 0 N–H and O–H groups in total. The summed E-state index contributed by atoms with van der Waals surface area (Å²) in [7, 11) is 0. The Morgan fingerprint density at radius 3 is 2.56 bits per heavy atom. The minimum Gasteiger partial charge on any atom is -0.191 e. The minimum atomic E-state index is 0. The molecule has 0 heterocycles. The molecule has 9 heavy (non-hydrogen) atoms. The second kappa shape index (κ2) is 8.86. The Kier molecular flexibility index (Phi) is 12.3. The van der Waals surface area contributed by atoms with Gasteiger partial charge in [0.1, 0.15) is 0 Å². The van der Waals surface area contributed by atoms with Gasteiger partial charge >= 0.3 is 51.4 Å². The summed E-state index contributed by atoms with van der Waals surface area (Å²) in [5.74, 6) is 0. The molecular formula is C8H11K. The van der Waals surface area contributed by atoms with Gasteiger partial charge in [-0.05, 0) is 0 Å². The average molecular weight is 146 g/mol. The van der Waals surface area contributed by atoms with Gasteiger partial charge < -0.3 is 0 Å². The molecule has 0 aliphatic heterocycles. The molecule has 0 nitrogen and oxygen atoms in total. The fourth-order valence-corrected chi connectivity index (χ4v) is 0.279. The third-order valence-electron chi connectivity index (χ3n) is 0.832. The molecular weight excluding hydrogens is 135 g/mol. The predicted molar refractivity (Wildman–Crippen MR) is 37.4 cm³/mol. The van der Waals surface area contributed by atoms with Crippen molar-refractivity contribution in [1.29, 1.82) is 0 Å². The quantitative estimate of drug-likeness (QED) is 0.286. The van der Waals surface area contributed by atoms with E-state index in [0.29, 0.717) is 0 Å². The van der Waals surface area contributed by atoms with E-state index < -0.39 is 0 Å². The summed E-state index contributed by atoms with van der Waals surface area (Å²) in [5, 5.41) is 0. The Bertz CT molecular complexity index is 112. The predicted octanol–water partition coefficient (Wildman–Crippen LogP) is -0.498. The molecule has 0 spiro atoms. The van der Waals surface area contributed by atoms with Crippen LogP contribution in [-0.4, -0.2) is 0 Å². The summed E-state index contributed by atoms with van der Waals surface area (Å²) in [5.41, 5.74) is 1.02. The number of hydrogen-bond donors (Lipinski definition) is 0. The summed E-state index contributed by atoms with van der Waals surface area (Å²) in [6.45, 7) is 9.28. The normalized spacial score (nSPS) is 8.56. The van der Waals surface area contributed by atoms with E-state index in [4.69, 9.17) is 0 Å². The summed E-state index contributed by atoms with van der Waals surface area (Å²) < 4.78 is 0. The van der Waals surface area contributed by atoms with Crippen LogP contribution in [0.25, 0.3) is 0 Å². The van der Waals surface area contributed by atoms with E-state index in [1.54, 1.807) is 12.2 Å². The van der Waals surface area contributed by atoms with Crippen LogP contribution in [0.3, 0.4) is 0 Å². The zero-order valence-corrected chi connectivity index (χ0v) is 9.40. The van der Waals surface area contributed by atoms with Crippen molar-refractivity contribution in [3.05, 3.63) is 37.0 Å². The Hall–Kier alpha value is 0.856. The van der Waals surface area contributed by atoms with Gasteiger partial charge in [-0.3, -0.25) is 0 Å². The van der Waals surface area contributed by atoms with Gasteiger partial charge in [0.05, 0.1) is 0 Å². The second-order valence-electron chi connectivity index (χ2n) is 1.50. The van der Waals surface area contributed by atoms with E-state index in [1.807, 2.05) is 6.92 Å². The second-order valence-corrected chi connectivity index (χ2v) is 1.50. The molecule has 0 saturated heterocycles. The molecule has 0 amide bonds. The van der Waals surface area contributed by atoms with Crippen molar-refractivity contribution in [2.24, 2.45) is 0 Å². The third kappa shape index (κ3) is 8.86. The van der Waals surface area contributed by atoms with Crippen LogP contribution in [0.2, 0.25) is 0 Å². The van der Waals surface area contributed by atoms with Crippen molar-refractivity contribution in [2.45, 2.75) is 13.3 Å². The van der Waals surface area contributed by atoms with Crippen molar-refractivity contribution in [1.82, 2.24) is 0 Å². The zero-order valence-electron chi connectivity index (χ0n) is 6.28. The topological polar surface area (TPSA) is 0 Å². The van der Waals surface area contributed by atoms with Gasteiger partial charge in [0, 0.05) is 0 Å². The molecule has 0 bridgehead atoms. The maximum absolute atomic E-state index is 3.72. The van der Waals surface area contributed by atoms with Crippen LogP contribution in [0.4, 0.5) is 0 Å². The summed E-state index contributed by atoms with van der Waals surface area (Å²) >= 11 is 0. The van der Waals surface area contributed by atoms with Crippen LogP contribution in [0, 0.1) is 6.08 Å². The molecule has 1 heteroatoms. The van der Waals surface area contributed by atoms with Gasteiger partial charge in [-0.1, -0.05) is 13.3 Å². The Balaban J connectivity index is 0. The fraction of sp³-hybridized carbons (Fsp3) is 0.250. The SMILES string of the molecule is C=CC=[C-]C(=C)CC.[K+]. The molecule has 0 rings (SSSR count). The van der Waals surface area contributed by atoms with Crippen LogP contribution in [-0.2, 0) is 0 Å². The third-order valence-corrected chi connectivity index (χ3v) is 0.832. The van der Waals surface area contributed by atoms with Crippen LogP contribution >= 0.6 is 0 Å². The van der Waals surface area contributed by atoms with E-state index in [-0.39, 0.29) is 51.4 Å². The smallest absolute Gasteiger partial charge is 0.191 e. The molecule has 0 aliphatic rings. The average Bonchev–Trinajstić information content (AvgIpc) is 1.83. The van der Waals surface area contributed by atoms with E-state index in [0.717, 1.165) is 12.0 Å². The van der Waals surface area contributed by atoms with Gasteiger partial charge in [-0.2, -0.15) is 37.0 Å². The van der Waals surface area contributed by atoms with Gasteiger partial charge in [0.2, 0.25) is 0 Å². The van der Waals surface area contributed by atoms with Crippen molar-refractivity contribution in [3.8, 4) is 0 Å². The molecule has 0 aromatic carbocycles. The number of hydrogen-bond acceptors (Lipinski definition) is 0. The molecule has 0 fully saturated rings. The molecule has 0 radical (unpaired) electrons. The largest absolute Gasteiger partial charge is 1.00 e. The summed E-state index contributed by atoms with van der Waals surface area (Å²) in [4.78, 5) is 0.